The number of unbranched alkanes of at least 4 members (excludes halogenated alkanes) is 1. The van der Waals surface area contributed by atoms with Crippen LogP contribution >= 0.6 is 46.6 Å². The quantitative estimate of drug-likeness (QED) is 0.414. The fraction of sp³-hybridized carbons (Fsp3) is 0.222. The number of carboxylic acid groups (broad SMARTS) is 1. The lowest BCUT2D eigenvalue weighted by molar-refractivity contribution is 0.0691. The SMILES string of the molecule is CCCCNC(=O)c1c(Cl)c(Cl)c(Sc2ccccc2)c(Cl)c1C(=O)O. The van der Waals surface area contributed by atoms with Gasteiger partial charge in [-0.05, 0) is 18.6 Å². The standard InChI is InChI=1S/C18H16Cl3NO3S/c1-2-3-9-22-17(23)11-12(18(24)25)14(20)16(15(21)13(11)19)26-10-7-5-4-6-8-10/h4-8H,2-3,9H2,1H3,(H,22,23)(H,24,25). The van der Waals surface area contributed by atoms with Crippen LogP contribution in [0, 0.1) is 0 Å². The fourth-order valence-electron chi connectivity index (χ4n) is 2.22. The monoisotopic (exact) mass is 431 g/mol. The van der Waals surface area contributed by atoms with Crippen LogP contribution in [0.4, 0.5) is 0 Å². The van der Waals surface area contributed by atoms with Gasteiger partial charge in [0.1, 0.15) is 0 Å². The molecule has 0 unspecified atom stereocenters. The molecule has 4 nitrogen and oxygen atoms in total. The van der Waals surface area contributed by atoms with Crippen molar-refractivity contribution in [2.24, 2.45) is 0 Å². The summed E-state index contributed by atoms with van der Waals surface area (Å²) in [5.74, 6) is -1.95. The van der Waals surface area contributed by atoms with Crippen LogP contribution in [-0.4, -0.2) is 23.5 Å². The first-order valence-electron chi connectivity index (χ1n) is 7.83. The van der Waals surface area contributed by atoms with Crippen LogP contribution in [-0.2, 0) is 0 Å². The number of hydrogen-bond donors (Lipinski definition) is 2. The number of aromatic carboxylic acids is 1. The average molecular weight is 433 g/mol. The lowest BCUT2D eigenvalue weighted by Crippen LogP contribution is -2.27. The molecule has 0 fully saturated rings. The molecule has 0 bridgehead atoms. The van der Waals surface area contributed by atoms with Gasteiger partial charge in [-0.15, -0.1) is 0 Å². The number of carbonyl (C=O) groups excluding carboxylic acids is 1. The minimum atomic E-state index is -1.34. The number of benzene rings is 2. The van der Waals surface area contributed by atoms with Gasteiger partial charge in [0.15, 0.2) is 0 Å². The summed E-state index contributed by atoms with van der Waals surface area (Å²) in [6.07, 6.45) is 1.64. The number of hydrogen-bond acceptors (Lipinski definition) is 3. The fourth-order valence-corrected chi connectivity index (χ4v) is 4.20. The van der Waals surface area contributed by atoms with Gasteiger partial charge in [-0.25, -0.2) is 4.79 Å². The van der Waals surface area contributed by atoms with Gasteiger partial charge in [-0.1, -0.05) is 78.1 Å². The third-order valence-corrected chi connectivity index (χ3v) is 6.08. The van der Waals surface area contributed by atoms with Gasteiger partial charge in [0.25, 0.3) is 5.91 Å². The Bertz CT molecular complexity index is 828. The molecule has 2 N–H and O–H groups in total. The number of carboxylic acids is 1. The minimum absolute atomic E-state index is 0.0520. The van der Waals surface area contributed by atoms with Crippen LogP contribution in [0.1, 0.15) is 40.5 Å². The molecule has 1 amide bonds. The summed E-state index contributed by atoms with van der Waals surface area (Å²) in [4.78, 5) is 25.3. The van der Waals surface area contributed by atoms with E-state index in [4.69, 9.17) is 34.8 Å². The Balaban J connectivity index is 2.54. The van der Waals surface area contributed by atoms with E-state index in [9.17, 15) is 14.7 Å². The summed E-state index contributed by atoms with van der Waals surface area (Å²) in [5.41, 5.74) is -0.573. The molecule has 0 aliphatic carbocycles. The lowest BCUT2D eigenvalue weighted by atomic mass is 10.1. The van der Waals surface area contributed by atoms with Crippen molar-refractivity contribution in [1.29, 1.82) is 0 Å². The van der Waals surface area contributed by atoms with Gasteiger partial charge < -0.3 is 10.4 Å². The lowest BCUT2D eigenvalue weighted by Gasteiger charge is -2.16. The van der Waals surface area contributed by atoms with E-state index in [0.717, 1.165) is 17.7 Å². The molecule has 0 radical (unpaired) electrons. The third-order valence-electron chi connectivity index (χ3n) is 3.50. The van der Waals surface area contributed by atoms with Crippen molar-refractivity contribution >= 4 is 58.4 Å². The zero-order valence-electron chi connectivity index (χ0n) is 13.8. The maximum atomic E-state index is 12.5. The zero-order valence-corrected chi connectivity index (χ0v) is 16.9. The highest BCUT2D eigenvalue weighted by Gasteiger charge is 2.29. The molecule has 0 heterocycles. The molecule has 0 spiro atoms. The van der Waals surface area contributed by atoms with Crippen LogP contribution in [0.3, 0.4) is 0 Å². The second kappa shape index (κ2) is 9.51. The Morgan fingerprint density at radius 1 is 1.04 bits per heavy atom. The second-order valence-corrected chi connectivity index (χ2v) is 7.57. The molecule has 0 atom stereocenters. The largest absolute Gasteiger partial charge is 0.478 e. The molecule has 26 heavy (non-hydrogen) atoms. The van der Waals surface area contributed by atoms with Gasteiger partial charge >= 0.3 is 5.97 Å². The van der Waals surface area contributed by atoms with Crippen molar-refractivity contribution in [3.05, 3.63) is 56.5 Å². The Hall–Kier alpha value is -1.40. The van der Waals surface area contributed by atoms with Gasteiger partial charge in [0.05, 0.1) is 31.1 Å². The number of rotatable bonds is 7. The van der Waals surface area contributed by atoms with E-state index in [1.165, 1.54) is 11.8 Å². The van der Waals surface area contributed by atoms with E-state index in [-0.39, 0.29) is 26.2 Å². The van der Waals surface area contributed by atoms with Crippen molar-refractivity contribution in [1.82, 2.24) is 5.32 Å². The highest BCUT2D eigenvalue weighted by molar-refractivity contribution is 7.99. The summed E-state index contributed by atoms with van der Waals surface area (Å²) >= 11 is 20.1. The van der Waals surface area contributed by atoms with Crippen molar-refractivity contribution in [3.63, 3.8) is 0 Å². The van der Waals surface area contributed by atoms with E-state index in [1.54, 1.807) is 0 Å². The predicted molar refractivity (Wildman–Crippen MR) is 106 cm³/mol. The molecule has 0 aromatic heterocycles. The number of halogens is 3. The normalized spacial score (nSPS) is 10.6. The highest BCUT2D eigenvalue weighted by Crippen LogP contribution is 2.46. The maximum absolute atomic E-state index is 12.5. The van der Waals surface area contributed by atoms with Crippen LogP contribution in [0.5, 0.6) is 0 Å². The smallest absolute Gasteiger partial charge is 0.338 e. The second-order valence-electron chi connectivity index (χ2n) is 5.35. The van der Waals surface area contributed by atoms with E-state index in [0.29, 0.717) is 11.4 Å². The van der Waals surface area contributed by atoms with Gasteiger partial charge in [0.2, 0.25) is 0 Å². The molecule has 0 saturated carbocycles. The molecule has 0 aliphatic heterocycles. The van der Waals surface area contributed by atoms with Crippen molar-refractivity contribution in [2.75, 3.05) is 6.54 Å². The Labute approximate surface area is 170 Å². The van der Waals surface area contributed by atoms with E-state index >= 15 is 0 Å². The summed E-state index contributed by atoms with van der Waals surface area (Å²) in [7, 11) is 0. The van der Waals surface area contributed by atoms with E-state index < -0.39 is 11.9 Å². The van der Waals surface area contributed by atoms with Gasteiger partial charge in [-0.2, -0.15) is 0 Å². The number of amides is 1. The van der Waals surface area contributed by atoms with E-state index in [2.05, 4.69) is 5.32 Å². The van der Waals surface area contributed by atoms with Crippen molar-refractivity contribution < 1.29 is 14.7 Å². The summed E-state index contributed by atoms with van der Waals surface area (Å²) in [6, 6.07) is 9.18. The third kappa shape index (κ3) is 4.65. The Morgan fingerprint density at radius 2 is 1.69 bits per heavy atom. The van der Waals surface area contributed by atoms with Crippen molar-refractivity contribution in [3.8, 4) is 0 Å². The molecular formula is C18H16Cl3NO3S. The topological polar surface area (TPSA) is 66.4 Å². The predicted octanol–water partition coefficient (Wildman–Crippen LogP) is 6.03. The Kier molecular flexibility index (Phi) is 7.65. The first kappa shape index (κ1) is 20.9. The van der Waals surface area contributed by atoms with Crippen LogP contribution < -0.4 is 5.32 Å². The molecule has 0 aliphatic rings. The molecule has 2 aromatic carbocycles. The molecule has 8 heteroatoms. The Morgan fingerprint density at radius 3 is 2.27 bits per heavy atom. The van der Waals surface area contributed by atoms with Crippen LogP contribution in [0.15, 0.2) is 40.1 Å². The first-order valence-corrected chi connectivity index (χ1v) is 9.78. The zero-order chi connectivity index (χ0) is 19.3. The van der Waals surface area contributed by atoms with Gasteiger partial charge in [0, 0.05) is 11.4 Å². The maximum Gasteiger partial charge on any atom is 0.338 e. The molecular weight excluding hydrogens is 417 g/mol. The molecule has 0 saturated heterocycles. The van der Waals surface area contributed by atoms with Crippen LogP contribution in [0.2, 0.25) is 15.1 Å². The highest BCUT2D eigenvalue weighted by atomic mass is 35.5. The minimum Gasteiger partial charge on any atom is -0.478 e. The summed E-state index contributed by atoms with van der Waals surface area (Å²) < 4.78 is 0. The average Bonchev–Trinajstić information content (AvgIpc) is 2.62. The summed E-state index contributed by atoms with van der Waals surface area (Å²) in [5, 5.41) is 12.1. The molecule has 2 rings (SSSR count). The van der Waals surface area contributed by atoms with Crippen LogP contribution in [0.25, 0.3) is 0 Å². The first-order chi connectivity index (χ1) is 12.4. The number of nitrogens with one attached hydrogen (secondary N) is 1. The molecule has 2 aromatic rings. The van der Waals surface area contributed by atoms with Crippen molar-refractivity contribution in [2.45, 2.75) is 29.6 Å². The number of carbonyl (C=O) groups is 2. The summed E-state index contributed by atoms with van der Waals surface area (Å²) in [6.45, 7) is 2.38. The van der Waals surface area contributed by atoms with Gasteiger partial charge in [-0.3, -0.25) is 4.79 Å². The van der Waals surface area contributed by atoms with E-state index in [1.807, 2.05) is 37.3 Å². The molecule has 138 valence electrons.